The Labute approximate surface area is 101 Å². The molecule has 2 heterocycles. The smallest absolute Gasteiger partial charge is 0.189 e. The molecule has 1 aliphatic rings. The summed E-state index contributed by atoms with van der Waals surface area (Å²) in [4.78, 5) is 9.12. The Morgan fingerprint density at radius 1 is 1.38 bits per heavy atom. The van der Waals surface area contributed by atoms with Gasteiger partial charge in [-0.1, -0.05) is 11.8 Å². The summed E-state index contributed by atoms with van der Waals surface area (Å²) in [6.07, 6.45) is 3.01. The molecule has 0 amide bonds. The van der Waals surface area contributed by atoms with Crippen molar-refractivity contribution < 1.29 is 0 Å². The molecule has 0 aromatic carbocycles. The molecule has 0 spiro atoms. The van der Waals surface area contributed by atoms with Gasteiger partial charge in [-0.3, -0.25) is 0 Å². The molecule has 1 aromatic rings. The monoisotopic (exact) mass is 238 g/mol. The third-order valence-electron chi connectivity index (χ3n) is 2.52. The van der Waals surface area contributed by atoms with E-state index in [1.165, 1.54) is 11.3 Å². The van der Waals surface area contributed by atoms with Gasteiger partial charge < -0.3 is 10.6 Å². The second-order valence-electron chi connectivity index (χ2n) is 4.21. The van der Waals surface area contributed by atoms with Gasteiger partial charge in [0.15, 0.2) is 5.16 Å². The first-order valence-electron chi connectivity index (χ1n) is 5.61. The molecule has 0 fully saturated rings. The lowest BCUT2D eigenvalue weighted by Gasteiger charge is -2.21. The summed E-state index contributed by atoms with van der Waals surface area (Å²) < 4.78 is 0. The number of rotatable bonds is 3. The molecule has 0 atom stereocenters. The quantitative estimate of drug-likeness (QED) is 0.619. The molecular formula is C11H18N4S. The molecule has 0 aliphatic carbocycles. The van der Waals surface area contributed by atoms with Crippen LogP contribution in [-0.4, -0.2) is 28.8 Å². The van der Waals surface area contributed by atoms with Crippen LogP contribution in [0.4, 0.5) is 5.82 Å². The number of hydrogen-bond donors (Lipinski definition) is 2. The number of nitrogens with one attached hydrogen (secondary N) is 2. The Morgan fingerprint density at radius 3 is 2.88 bits per heavy atom. The summed E-state index contributed by atoms with van der Waals surface area (Å²) in [6.45, 7) is 6.14. The summed E-state index contributed by atoms with van der Waals surface area (Å²) in [7, 11) is 0. The number of anilines is 1. The van der Waals surface area contributed by atoms with E-state index in [-0.39, 0.29) is 0 Å². The zero-order chi connectivity index (χ0) is 11.5. The van der Waals surface area contributed by atoms with Crippen LogP contribution in [0.3, 0.4) is 0 Å². The van der Waals surface area contributed by atoms with E-state index < -0.39 is 0 Å². The second kappa shape index (κ2) is 5.01. The highest BCUT2D eigenvalue weighted by Crippen LogP contribution is 2.23. The van der Waals surface area contributed by atoms with Crippen molar-refractivity contribution in [3.63, 3.8) is 0 Å². The first kappa shape index (κ1) is 11.7. The lowest BCUT2D eigenvalue weighted by atomic mass is 10.1. The fourth-order valence-electron chi connectivity index (χ4n) is 1.80. The van der Waals surface area contributed by atoms with E-state index >= 15 is 0 Å². The highest BCUT2D eigenvalue weighted by Gasteiger charge is 2.17. The van der Waals surface area contributed by atoms with Crippen molar-refractivity contribution in [2.24, 2.45) is 0 Å². The highest BCUT2D eigenvalue weighted by atomic mass is 32.2. The van der Waals surface area contributed by atoms with Crippen molar-refractivity contribution in [1.82, 2.24) is 15.3 Å². The van der Waals surface area contributed by atoms with Gasteiger partial charge in [-0.25, -0.2) is 9.97 Å². The van der Waals surface area contributed by atoms with Crippen LogP contribution in [0.15, 0.2) is 5.16 Å². The lowest BCUT2D eigenvalue weighted by Crippen LogP contribution is -2.27. The van der Waals surface area contributed by atoms with E-state index in [9.17, 15) is 0 Å². The molecule has 16 heavy (non-hydrogen) atoms. The van der Waals surface area contributed by atoms with Crippen molar-refractivity contribution >= 4 is 17.6 Å². The number of fused-ring (bicyclic) bond motifs is 1. The van der Waals surface area contributed by atoms with Gasteiger partial charge in [-0.2, -0.15) is 0 Å². The molecule has 88 valence electrons. The number of thioether (sulfide) groups is 1. The van der Waals surface area contributed by atoms with Gasteiger partial charge in [-0.05, 0) is 20.1 Å². The van der Waals surface area contributed by atoms with Gasteiger partial charge in [0.05, 0.1) is 5.69 Å². The van der Waals surface area contributed by atoms with Crippen LogP contribution in [0, 0.1) is 0 Å². The van der Waals surface area contributed by atoms with Crippen LogP contribution in [-0.2, 0) is 13.0 Å². The molecule has 4 nitrogen and oxygen atoms in total. The zero-order valence-electron chi connectivity index (χ0n) is 10.0. The van der Waals surface area contributed by atoms with E-state index in [1.54, 1.807) is 11.8 Å². The Balaban J connectivity index is 2.39. The highest BCUT2D eigenvalue weighted by molar-refractivity contribution is 7.98. The van der Waals surface area contributed by atoms with Gasteiger partial charge in [-0.15, -0.1) is 0 Å². The van der Waals surface area contributed by atoms with Crippen molar-refractivity contribution in [3.8, 4) is 0 Å². The minimum absolute atomic E-state index is 0.399. The van der Waals surface area contributed by atoms with E-state index in [0.29, 0.717) is 6.04 Å². The summed E-state index contributed by atoms with van der Waals surface area (Å²) in [5, 5.41) is 7.63. The summed E-state index contributed by atoms with van der Waals surface area (Å²) >= 11 is 1.60. The van der Waals surface area contributed by atoms with Crippen LogP contribution >= 0.6 is 11.8 Å². The topological polar surface area (TPSA) is 49.8 Å². The Kier molecular flexibility index (Phi) is 3.66. The number of hydrogen-bond acceptors (Lipinski definition) is 5. The maximum absolute atomic E-state index is 4.57. The standard InChI is InChI=1S/C11H18N4S/c1-7(2)13-10-8-6-12-5-4-9(8)14-11(15-10)16-3/h7,12H,4-6H2,1-3H3,(H,13,14,15). The molecule has 2 rings (SSSR count). The van der Waals surface area contributed by atoms with Gasteiger partial charge in [0.2, 0.25) is 0 Å². The van der Waals surface area contributed by atoms with Crippen molar-refractivity contribution in [2.75, 3.05) is 18.1 Å². The summed E-state index contributed by atoms with van der Waals surface area (Å²) in [6, 6.07) is 0.399. The van der Waals surface area contributed by atoms with E-state index in [0.717, 1.165) is 30.5 Å². The molecule has 5 heteroatoms. The van der Waals surface area contributed by atoms with Gasteiger partial charge in [0, 0.05) is 31.1 Å². The van der Waals surface area contributed by atoms with Crippen LogP contribution in [0.25, 0.3) is 0 Å². The molecule has 0 radical (unpaired) electrons. The molecule has 0 bridgehead atoms. The molecule has 1 aliphatic heterocycles. The van der Waals surface area contributed by atoms with Crippen LogP contribution in [0.2, 0.25) is 0 Å². The van der Waals surface area contributed by atoms with Crippen molar-refractivity contribution in [1.29, 1.82) is 0 Å². The normalized spacial score (nSPS) is 15.0. The zero-order valence-corrected chi connectivity index (χ0v) is 10.8. The van der Waals surface area contributed by atoms with Gasteiger partial charge >= 0.3 is 0 Å². The summed E-state index contributed by atoms with van der Waals surface area (Å²) in [5.41, 5.74) is 2.43. The SMILES string of the molecule is CSc1nc2c(c(NC(C)C)n1)CNCC2. The van der Waals surface area contributed by atoms with Crippen molar-refractivity contribution in [2.45, 2.75) is 38.0 Å². The third kappa shape index (κ3) is 2.47. The lowest BCUT2D eigenvalue weighted by molar-refractivity contribution is 0.616. The first-order chi connectivity index (χ1) is 7.70. The third-order valence-corrected chi connectivity index (χ3v) is 3.07. The van der Waals surface area contributed by atoms with Crippen molar-refractivity contribution in [3.05, 3.63) is 11.3 Å². The predicted molar refractivity (Wildman–Crippen MR) is 68.0 cm³/mol. The Morgan fingerprint density at radius 2 is 2.19 bits per heavy atom. The molecule has 2 N–H and O–H groups in total. The van der Waals surface area contributed by atoms with Crippen LogP contribution in [0.5, 0.6) is 0 Å². The first-order valence-corrected chi connectivity index (χ1v) is 6.84. The maximum Gasteiger partial charge on any atom is 0.189 e. The average Bonchev–Trinajstić information content (AvgIpc) is 2.28. The molecule has 0 unspecified atom stereocenters. The van der Waals surface area contributed by atoms with Crippen LogP contribution in [0.1, 0.15) is 25.1 Å². The Hall–Kier alpha value is -0.810. The summed E-state index contributed by atoms with van der Waals surface area (Å²) in [5.74, 6) is 0.997. The number of nitrogens with zero attached hydrogens (tertiary/aromatic N) is 2. The van der Waals surface area contributed by atoms with Gasteiger partial charge in [0.25, 0.3) is 0 Å². The second-order valence-corrected chi connectivity index (χ2v) is 4.98. The Bertz CT molecular complexity index is 378. The molecule has 0 saturated heterocycles. The van der Waals surface area contributed by atoms with Crippen LogP contribution < -0.4 is 10.6 Å². The minimum atomic E-state index is 0.399. The maximum atomic E-state index is 4.57. The number of aromatic nitrogens is 2. The average molecular weight is 238 g/mol. The minimum Gasteiger partial charge on any atom is -0.367 e. The fourth-order valence-corrected chi connectivity index (χ4v) is 2.19. The molecule has 0 saturated carbocycles. The van der Waals surface area contributed by atoms with E-state index in [4.69, 9.17) is 0 Å². The van der Waals surface area contributed by atoms with E-state index in [2.05, 4.69) is 34.4 Å². The molecule has 1 aromatic heterocycles. The largest absolute Gasteiger partial charge is 0.367 e. The van der Waals surface area contributed by atoms with E-state index in [1.807, 2.05) is 6.26 Å². The van der Waals surface area contributed by atoms with Gasteiger partial charge in [0.1, 0.15) is 5.82 Å². The molecular weight excluding hydrogens is 220 g/mol. The fraction of sp³-hybridized carbons (Fsp3) is 0.636. The predicted octanol–water partition coefficient (Wildman–Crippen LogP) is 1.66.